The van der Waals surface area contributed by atoms with Crippen LogP contribution in [0, 0.1) is 0 Å². The van der Waals surface area contributed by atoms with E-state index in [-0.39, 0.29) is 0 Å². The van der Waals surface area contributed by atoms with Crippen LogP contribution >= 0.6 is 0 Å². The molecule has 0 bridgehead atoms. The highest BCUT2D eigenvalue weighted by molar-refractivity contribution is 5.92. The highest BCUT2D eigenvalue weighted by Gasteiger charge is 2.06. The topological polar surface area (TPSA) is 4.93 Å². The Kier molecular flexibility index (Phi) is 3.99. The normalized spacial score (nSPS) is 11.3. The summed E-state index contributed by atoms with van der Waals surface area (Å²) in [7, 11) is 0. The van der Waals surface area contributed by atoms with E-state index >= 15 is 0 Å². The van der Waals surface area contributed by atoms with Gasteiger partial charge in [-0.25, -0.2) is 0 Å². The van der Waals surface area contributed by atoms with Crippen LogP contribution in [0.1, 0.15) is 16.7 Å². The molecule has 1 nitrogen and oxygen atoms in total. The van der Waals surface area contributed by atoms with Crippen molar-refractivity contribution in [1.82, 2.24) is 4.57 Å². The van der Waals surface area contributed by atoms with Crippen molar-refractivity contribution in [2.24, 2.45) is 0 Å². The largest absolute Gasteiger partial charge is 0.342 e. The van der Waals surface area contributed by atoms with Gasteiger partial charge >= 0.3 is 0 Å². The second-order valence-corrected chi connectivity index (χ2v) is 5.96. The molecule has 1 aromatic heterocycles. The first-order chi connectivity index (χ1) is 11.9. The van der Waals surface area contributed by atoms with Crippen LogP contribution in [0.25, 0.3) is 23.1 Å². The number of rotatable bonds is 4. The molecular weight excluding hydrogens is 290 g/mol. The maximum Gasteiger partial charge on any atom is 0.0489 e. The first-order valence-electron chi connectivity index (χ1n) is 8.25. The van der Waals surface area contributed by atoms with Gasteiger partial charge in [0.15, 0.2) is 0 Å². The fraction of sp³-hybridized carbons (Fsp3) is 0.0435. The predicted octanol–water partition coefficient (Wildman–Crippen LogP) is 5.86. The second kappa shape index (κ2) is 6.59. The fourth-order valence-corrected chi connectivity index (χ4v) is 3.07. The molecule has 0 N–H and O–H groups in total. The molecule has 3 aromatic carbocycles. The van der Waals surface area contributed by atoms with Crippen molar-refractivity contribution in [3.05, 3.63) is 108 Å². The van der Waals surface area contributed by atoms with Gasteiger partial charge < -0.3 is 4.57 Å². The number of fused-ring (bicyclic) bond motifs is 1. The summed E-state index contributed by atoms with van der Waals surface area (Å²) in [5.74, 6) is 0. The summed E-state index contributed by atoms with van der Waals surface area (Å²) in [6.45, 7) is 0.889. The van der Waals surface area contributed by atoms with E-state index in [4.69, 9.17) is 0 Å². The van der Waals surface area contributed by atoms with E-state index in [1.54, 1.807) is 0 Å². The molecule has 0 unspecified atom stereocenters. The fourth-order valence-electron chi connectivity index (χ4n) is 3.07. The summed E-state index contributed by atoms with van der Waals surface area (Å²) >= 11 is 0. The van der Waals surface area contributed by atoms with E-state index in [1.807, 2.05) is 6.07 Å². The van der Waals surface area contributed by atoms with Crippen molar-refractivity contribution >= 4 is 23.1 Å². The van der Waals surface area contributed by atoms with Crippen molar-refractivity contribution in [2.75, 3.05) is 0 Å². The monoisotopic (exact) mass is 309 g/mol. The standard InChI is InChI=1S/C23H19N/c1-3-9-19(10-4-1)15-16-21-18-24(17-20-11-5-2-6-12-20)23-14-8-7-13-22(21)23/h1-16,18H,17H2/b16-15+. The summed E-state index contributed by atoms with van der Waals surface area (Å²) in [5, 5.41) is 1.29. The van der Waals surface area contributed by atoms with Gasteiger partial charge in [-0.05, 0) is 17.2 Å². The number of benzene rings is 3. The van der Waals surface area contributed by atoms with Crippen molar-refractivity contribution in [1.29, 1.82) is 0 Å². The van der Waals surface area contributed by atoms with Crippen LogP contribution in [-0.2, 0) is 6.54 Å². The van der Waals surface area contributed by atoms with E-state index in [1.165, 1.54) is 27.6 Å². The molecule has 24 heavy (non-hydrogen) atoms. The van der Waals surface area contributed by atoms with Gasteiger partial charge in [-0.2, -0.15) is 0 Å². The first kappa shape index (κ1) is 14.5. The van der Waals surface area contributed by atoms with Crippen molar-refractivity contribution in [2.45, 2.75) is 6.54 Å². The van der Waals surface area contributed by atoms with E-state index < -0.39 is 0 Å². The predicted molar refractivity (Wildman–Crippen MR) is 103 cm³/mol. The lowest BCUT2D eigenvalue weighted by atomic mass is 10.1. The highest BCUT2D eigenvalue weighted by atomic mass is 15.0. The van der Waals surface area contributed by atoms with Crippen molar-refractivity contribution in [3.63, 3.8) is 0 Å². The Morgan fingerprint density at radius 3 is 2.12 bits per heavy atom. The average Bonchev–Trinajstić information content (AvgIpc) is 3.00. The molecule has 0 amide bonds. The van der Waals surface area contributed by atoms with Crippen LogP contribution in [0.4, 0.5) is 0 Å². The van der Waals surface area contributed by atoms with Gasteiger partial charge in [-0.3, -0.25) is 0 Å². The molecule has 0 radical (unpaired) electrons. The Morgan fingerprint density at radius 1 is 0.667 bits per heavy atom. The molecule has 0 atom stereocenters. The quantitative estimate of drug-likeness (QED) is 0.445. The molecule has 0 aliphatic heterocycles. The lowest BCUT2D eigenvalue weighted by Gasteiger charge is -2.05. The number of nitrogens with zero attached hydrogens (tertiary/aromatic N) is 1. The van der Waals surface area contributed by atoms with Crippen LogP contribution < -0.4 is 0 Å². The maximum absolute atomic E-state index is 2.33. The molecule has 0 spiro atoms. The Morgan fingerprint density at radius 2 is 1.33 bits per heavy atom. The molecule has 0 saturated carbocycles. The van der Waals surface area contributed by atoms with Gasteiger partial charge in [0.2, 0.25) is 0 Å². The number of hydrogen-bond donors (Lipinski definition) is 0. The number of aromatic nitrogens is 1. The molecule has 4 rings (SSSR count). The summed E-state index contributed by atoms with van der Waals surface area (Å²) in [5.41, 5.74) is 5.06. The molecule has 0 saturated heterocycles. The van der Waals surface area contributed by atoms with Gasteiger partial charge in [-0.1, -0.05) is 91.0 Å². The van der Waals surface area contributed by atoms with Crippen molar-refractivity contribution < 1.29 is 0 Å². The second-order valence-electron chi connectivity index (χ2n) is 5.96. The Hall–Kier alpha value is -3.06. The summed E-state index contributed by atoms with van der Waals surface area (Å²) < 4.78 is 2.33. The minimum atomic E-state index is 0.889. The average molecular weight is 309 g/mol. The zero-order chi connectivity index (χ0) is 16.2. The van der Waals surface area contributed by atoms with Crippen LogP contribution in [0.15, 0.2) is 91.1 Å². The first-order valence-corrected chi connectivity index (χ1v) is 8.25. The van der Waals surface area contributed by atoms with Gasteiger partial charge in [0.05, 0.1) is 0 Å². The highest BCUT2D eigenvalue weighted by Crippen LogP contribution is 2.24. The number of hydrogen-bond acceptors (Lipinski definition) is 0. The minimum Gasteiger partial charge on any atom is -0.342 e. The molecule has 116 valence electrons. The zero-order valence-corrected chi connectivity index (χ0v) is 13.5. The molecule has 0 aliphatic carbocycles. The van der Waals surface area contributed by atoms with E-state index in [2.05, 4.69) is 102 Å². The summed E-state index contributed by atoms with van der Waals surface area (Å²) in [6.07, 6.45) is 6.63. The number of para-hydroxylation sites is 1. The van der Waals surface area contributed by atoms with Gasteiger partial charge in [0, 0.05) is 29.2 Å². The Bertz CT molecular complexity index is 963. The van der Waals surface area contributed by atoms with E-state index in [0.29, 0.717) is 0 Å². The van der Waals surface area contributed by atoms with Gasteiger partial charge in [0.1, 0.15) is 0 Å². The SMILES string of the molecule is C(=C\c1cn(Cc2ccccc2)c2ccccc12)/c1ccccc1. The molecular formula is C23H19N. The van der Waals surface area contributed by atoms with Crippen LogP contribution in [0.3, 0.4) is 0 Å². The molecule has 4 aromatic rings. The summed E-state index contributed by atoms with van der Waals surface area (Å²) in [4.78, 5) is 0. The molecule has 1 heteroatoms. The lowest BCUT2D eigenvalue weighted by Crippen LogP contribution is -1.97. The molecule has 0 fully saturated rings. The molecule has 1 heterocycles. The minimum absolute atomic E-state index is 0.889. The Balaban J connectivity index is 1.73. The summed E-state index contributed by atoms with van der Waals surface area (Å²) in [6, 6.07) is 29.6. The van der Waals surface area contributed by atoms with Gasteiger partial charge in [-0.15, -0.1) is 0 Å². The van der Waals surface area contributed by atoms with Crippen LogP contribution in [0.5, 0.6) is 0 Å². The van der Waals surface area contributed by atoms with E-state index in [9.17, 15) is 0 Å². The zero-order valence-electron chi connectivity index (χ0n) is 13.5. The van der Waals surface area contributed by atoms with Crippen LogP contribution in [0.2, 0.25) is 0 Å². The third kappa shape index (κ3) is 3.02. The molecule has 0 aliphatic rings. The Labute approximate surface area is 142 Å². The third-order valence-corrected chi connectivity index (χ3v) is 4.27. The lowest BCUT2D eigenvalue weighted by molar-refractivity contribution is 0.836. The van der Waals surface area contributed by atoms with Gasteiger partial charge in [0.25, 0.3) is 0 Å². The van der Waals surface area contributed by atoms with Crippen molar-refractivity contribution in [3.8, 4) is 0 Å². The third-order valence-electron chi connectivity index (χ3n) is 4.27. The smallest absolute Gasteiger partial charge is 0.0489 e. The van der Waals surface area contributed by atoms with Crippen LogP contribution in [-0.4, -0.2) is 4.57 Å². The van der Waals surface area contributed by atoms with E-state index in [0.717, 1.165) is 6.54 Å². The maximum atomic E-state index is 2.33.